The average molecular weight is 301 g/mol. The number of hydrogen-bond donors (Lipinski definition) is 1. The van der Waals surface area contributed by atoms with E-state index < -0.39 is 10.0 Å². The highest BCUT2D eigenvalue weighted by Gasteiger charge is 2.13. The van der Waals surface area contributed by atoms with Crippen molar-refractivity contribution in [3.63, 3.8) is 0 Å². The van der Waals surface area contributed by atoms with E-state index in [2.05, 4.69) is 18.6 Å². The molecule has 0 bridgehead atoms. The minimum Gasteiger partial charge on any atom is -0.491 e. The van der Waals surface area contributed by atoms with Crippen molar-refractivity contribution < 1.29 is 17.9 Å². The third-order valence-electron chi connectivity index (χ3n) is 2.70. The summed E-state index contributed by atoms with van der Waals surface area (Å²) in [5.74, 6) is 1.09. The monoisotopic (exact) mass is 301 g/mol. The quantitative estimate of drug-likeness (QED) is 0.709. The van der Waals surface area contributed by atoms with Gasteiger partial charge in [0.2, 0.25) is 10.0 Å². The van der Waals surface area contributed by atoms with E-state index in [9.17, 15) is 8.42 Å². The molecule has 1 N–H and O–H groups in total. The van der Waals surface area contributed by atoms with Crippen LogP contribution in [-0.4, -0.2) is 35.3 Å². The second-order valence-corrected chi connectivity index (χ2v) is 6.66. The van der Waals surface area contributed by atoms with E-state index in [0.29, 0.717) is 31.4 Å². The Morgan fingerprint density at radius 2 is 1.80 bits per heavy atom. The van der Waals surface area contributed by atoms with Gasteiger partial charge in [0.1, 0.15) is 12.4 Å². The zero-order valence-electron chi connectivity index (χ0n) is 12.3. The molecule has 0 fully saturated rings. The molecule has 0 aliphatic rings. The molecule has 1 aromatic carbocycles. The van der Waals surface area contributed by atoms with Crippen LogP contribution in [0.1, 0.15) is 20.3 Å². The third kappa shape index (κ3) is 5.90. The smallest absolute Gasteiger partial charge is 0.240 e. The fraction of sp³-hybridized carbons (Fsp3) is 0.571. The van der Waals surface area contributed by atoms with Crippen molar-refractivity contribution in [2.24, 2.45) is 5.92 Å². The molecule has 0 atom stereocenters. The maximum absolute atomic E-state index is 12.0. The van der Waals surface area contributed by atoms with E-state index in [1.807, 2.05) is 0 Å². The summed E-state index contributed by atoms with van der Waals surface area (Å²) in [6.45, 7) is 5.50. The second kappa shape index (κ2) is 8.24. The summed E-state index contributed by atoms with van der Waals surface area (Å²) >= 11 is 0. The lowest BCUT2D eigenvalue weighted by Crippen LogP contribution is -2.25. The molecule has 1 aromatic rings. The summed E-state index contributed by atoms with van der Waals surface area (Å²) in [6.07, 6.45) is 0.817. The number of rotatable bonds is 9. The molecular weight excluding hydrogens is 278 g/mol. The lowest BCUT2D eigenvalue weighted by molar-refractivity contribution is 0.146. The predicted octanol–water partition coefficient (Wildman–Crippen LogP) is 2.04. The van der Waals surface area contributed by atoms with Crippen molar-refractivity contribution in [2.75, 3.05) is 26.9 Å². The van der Waals surface area contributed by atoms with E-state index >= 15 is 0 Å². The highest BCUT2D eigenvalue weighted by atomic mass is 32.2. The lowest BCUT2D eigenvalue weighted by Gasteiger charge is -2.09. The molecule has 0 spiro atoms. The fourth-order valence-electron chi connectivity index (χ4n) is 1.52. The van der Waals surface area contributed by atoms with Crippen molar-refractivity contribution in [1.82, 2.24) is 4.72 Å². The van der Waals surface area contributed by atoms with Gasteiger partial charge in [-0.3, -0.25) is 0 Å². The zero-order valence-corrected chi connectivity index (χ0v) is 13.1. The van der Waals surface area contributed by atoms with Crippen LogP contribution in [0.5, 0.6) is 5.75 Å². The number of nitrogens with one attached hydrogen (secondary N) is 1. The van der Waals surface area contributed by atoms with Gasteiger partial charge >= 0.3 is 0 Å². The standard InChI is InChI=1S/C14H23NO4S/c1-12(2)8-9-15-20(16,17)14-6-4-13(5-7-14)19-11-10-18-3/h4-7,12,15H,8-11H2,1-3H3. The first-order chi connectivity index (χ1) is 9.45. The van der Waals surface area contributed by atoms with Crippen molar-refractivity contribution in [3.05, 3.63) is 24.3 Å². The van der Waals surface area contributed by atoms with Crippen molar-refractivity contribution in [1.29, 1.82) is 0 Å². The summed E-state index contributed by atoms with van der Waals surface area (Å²) in [7, 11) is -1.83. The first kappa shape index (κ1) is 16.9. The van der Waals surface area contributed by atoms with Crippen molar-refractivity contribution in [2.45, 2.75) is 25.2 Å². The molecular formula is C14H23NO4S. The average Bonchev–Trinajstić information content (AvgIpc) is 2.39. The molecule has 0 saturated heterocycles. The molecule has 20 heavy (non-hydrogen) atoms. The first-order valence-electron chi connectivity index (χ1n) is 6.67. The van der Waals surface area contributed by atoms with Crippen molar-refractivity contribution >= 4 is 10.0 Å². The van der Waals surface area contributed by atoms with Gasteiger partial charge in [0.05, 0.1) is 11.5 Å². The number of sulfonamides is 1. The van der Waals surface area contributed by atoms with Crippen LogP contribution < -0.4 is 9.46 Å². The van der Waals surface area contributed by atoms with E-state index in [-0.39, 0.29) is 4.90 Å². The molecule has 6 heteroatoms. The topological polar surface area (TPSA) is 64.6 Å². The molecule has 5 nitrogen and oxygen atoms in total. The van der Waals surface area contributed by atoms with Crippen LogP contribution in [0.2, 0.25) is 0 Å². The molecule has 1 rings (SSSR count). The number of benzene rings is 1. The summed E-state index contributed by atoms with van der Waals surface area (Å²) in [4.78, 5) is 0.250. The maximum atomic E-state index is 12.0. The molecule has 0 aromatic heterocycles. The molecule has 114 valence electrons. The van der Waals surface area contributed by atoms with E-state index in [1.165, 1.54) is 0 Å². The zero-order chi connectivity index (χ0) is 15.0. The van der Waals surface area contributed by atoms with Gasteiger partial charge in [-0.2, -0.15) is 0 Å². The van der Waals surface area contributed by atoms with Crippen molar-refractivity contribution in [3.8, 4) is 5.75 Å². The van der Waals surface area contributed by atoms with Crippen LogP contribution in [-0.2, 0) is 14.8 Å². The lowest BCUT2D eigenvalue weighted by atomic mass is 10.1. The Morgan fingerprint density at radius 3 is 2.35 bits per heavy atom. The minimum atomic E-state index is -3.43. The predicted molar refractivity (Wildman–Crippen MR) is 78.5 cm³/mol. The van der Waals surface area contributed by atoms with Gasteiger partial charge in [-0.15, -0.1) is 0 Å². The first-order valence-corrected chi connectivity index (χ1v) is 8.15. The van der Waals surface area contributed by atoms with E-state index in [0.717, 1.165) is 6.42 Å². The Labute approximate surface area is 121 Å². The van der Waals surface area contributed by atoms with Crippen LogP contribution >= 0.6 is 0 Å². The van der Waals surface area contributed by atoms with Gasteiger partial charge < -0.3 is 9.47 Å². The van der Waals surface area contributed by atoms with Crippen LogP contribution in [0.15, 0.2) is 29.2 Å². The van der Waals surface area contributed by atoms with Gasteiger partial charge in [-0.25, -0.2) is 13.1 Å². The maximum Gasteiger partial charge on any atom is 0.240 e. The second-order valence-electron chi connectivity index (χ2n) is 4.89. The molecule has 0 radical (unpaired) electrons. The van der Waals surface area contributed by atoms with Gasteiger partial charge in [-0.05, 0) is 36.6 Å². The Balaban J connectivity index is 2.57. The molecule has 0 amide bonds. The van der Waals surface area contributed by atoms with Gasteiger partial charge in [0.25, 0.3) is 0 Å². The Bertz CT molecular complexity index is 482. The molecule has 0 unspecified atom stereocenters. The number of methoxy groups -OCH3 is 1. The molecule has 0 aliphatic heterocycles. The SMILES string of the molecule is COCCOc1ccc(S(=O)(=O)NCCC(C)C)cc1. The Hall–Kier alpha value is -1.11. The van der Waals surface area contributed by atoms with Crippen LogP contribution in [0.4, 0.5) is 0 Å². The van der Waals surface area contributed by atoms with Crippen LogP contribution in [0, 0.1) is 5.92 Å². The highest BCUT2D eigenvalue weighted by Crippen LogP contribution is 2.16. The summed E-state index contributed by atoms with van der Waals surface area (Å²) < 4.78 is 36.9. The summed E-state index contributed by atoms with van der Waals surface area (Å²) in [5, 5.41) is 0. The van der Waals surface area contributed by atoms with Gasteiger partial charge in [-0.1, -0.05) is 13.8 Å². The summed E-state index contributed by atoms with van der Waals surface area (Å²) in [5.41, 5.74) is 0. The highest BCUT2D eigenvalue weighted by molar-refractivity contribution is 7.89. The molecule has 0 saturated carbocycles. The minimum absolute atomic E-state index is 0.250. The van der Waals surface area contributed by atoms with Gasteiger partial charge in [0, 0.05) is 13.7 Å². The fourth-order valence-corrected chi connectivity index (χ4v) is 2.57. The largest absolute Gasteiger partial charge is 0.491 e. The normalized spacial score (nSPS) is 11.8. The number of ether oxygens (including phenoxy) is 2. The Morgan fingerprint density at radius 1 is 1.15 bits per heavy atom. The Kier molecular flexibility index (Phi) is 6.98. The van der Waals surface area contributed by atoms with Gasteiger partial charge in [0.15, 0.2) is 0 Å². The number of hydrogen-bond acceptors (Lipinski definition) is 4. The van der Waals surface area contributed by atoms with E-state index in [4.69, 9.17) is 9.47 Å². The van der Waals surface area contributed by atoms with Crippen LogP contribution in [0.3, 0.4) is 0 Å². The molecule has 0 aliphatic carbocycles. The molecule has 0 heterocycles. The summed E-state index contributed by atoms with van der Waals surface area (Å²) in [6, 6.07) is 6.37. The van der Waals surface area contributed by atoms with Crippen LogP contribution in [0.25, 0.3) is 0 Å². The third-order valence-corrected chi connectivity index (χ3v) is 4.18. The van der Waals surface area contributed by atoms with E-state index in [1.54, 1.807) is 31.4 Å².